The highest BCUT2D eigenvalue weighted by Gasteiger charge is 2.58. The van der Waals surface area contributed by atoms with Crippen molar-refractivity contribution in [1.82, 2.24) is 14.9 Å². The monoisotopic (exact) mass is 543 g/mol. The van der Waals surface area contributed by atoms with Crippen LogP contribution in [0.25, 0.3) is 10.9 Å². The van der Waals surface area contributed by atoms with Gasteiger partial charge in [0.25, 0.3) is 5.91 Å². The summed E-state index contributed by atoms with van der Waals surface area (Å²) in [6, 6.07) is 6.19. The van der Waals surface area contributed by atoms with Crippen molar-refractivity contribution in [3.63, 3.8) is 0 Å². The average molecular weight is 544 g/mol. The van der Waals surface area contributed by atoms with E-state index in [0.29, 0.717) is 33.8 Å². The maximum Gasteiger partial charge on any atom is 0.411 e. The lowest BCUT2D eigenvalue weighted by atomic mass is 9.91. The van der Waals surface area contributed by atoms with E-state index >= 15 is 4.39 Å². The fourth-order valence-electron chi connectivity index (χ4n) is 5.14. The number of likely N-dealkylation sites (N-methyl/N-ethyl adjacent to an activating group) is 2. The smallest absolute Gasteiger partial charge is 0.411 e. The average Bonchev–Trinajstić information content (AvgIpc) is 3.25. The summed E-state index contributed by atoms with van der Waals surface area (Å²) in [7, 11) is 3.12. The molecule has 39 heavy (non-hydrogen) atoms. The molecule has 0 aliphatic carbocycles. The summed E-state index contributed by atoms with van der Waals surface area (Å²) in [5.74, 6) is -4.71. The number of benzene rings is 2. The molecule has 1 fully saturated rings. The third-order valence-electron chi connectivity index (χ3n) is 7.36. The number of aryl methyl sites for hydroxylation is 1. The lowest BCUT2D eigenvalue weighted by Crippen LogP contribution is -2.41. The summed E-state index contributed by atoms with van der Waals surface area (Å²) in [6.45, 7) is 5.14. The first-order chi connectivity index (χ1) is 18.1. The van der Waals surface area contributed by atoms with Crippen molar-refractivity contribution in [3.05, 3.63) is 58.7 Å². The molecule has 0 radical (unpaired) electrons. The highest BCUT2D eigenvalue weighted by Crippen LogP contribution is 2.48. The lowest BCUT2D eigenvalue weighted by molar-refractivity contribution is -0.170. The molecule has 2 atom stereocenters. The maximum absolute atomic E-state index is 15.4. The van der Waals surface area contributed by atoms with Crippen LogP contribution < -0.4 is 10.2 Å². The highest BCUT2D eigenvalue weighted by molar-refractivity contribution is 6.11. The number of alkyl halides is 2. The molecule has 5 rings (SSSR count). The second-order valence-corrected chi connectivity index (χ2v) is 10.6. The molecule has 1 saturated heterocycles. The quantitative estimate of drug-likeness (QED) is 0.492. The summed E-state index contributed by atoms with van der Waals surface area (Å²) in [4.78, 5) is 37.1. The van der Waals surface area contributed by atoms with E-state index in [9.17, 15) is 23.5 Å². The van der Waals surface area contributed by atoms with Crippen LogP contribution in [-0.2, 0) is 21.1 Å². The number of rotatable bonds is 5. The first kappa shape index (κ1) is 26.7. The van der Waals surface area contributed by atoms with Gasteiger partial charge in [-0.3, -0.25) is 4.79 Å². The molecular formula is C27H28F3N5O4. The van der Waals surface area contributed by atoms with Gasteiger partial charge >= 0.3 is 12.0 Å². The van der Waals surface area contributed by atoms with Crippen LogP contribution in [0.15, 0.2) is 30.3 Å². The first-order valence-electron chi connectivity index (χ1n) is 12.3. The van der Waals surface area contributed by atoms with Crippen LogP contribution >= 0.6 is 0 Å². The van der Waals surface area contributed by atoms with E-state index in [1.807, 2.05) is 0 Å². The molecule has 0 unspecified atom stereocenters. The van der Waals surface area contributed by atoms with Crippen LogP contribution in [0.2, 0.25) is 0 Å². The van der Waals surface area contributed by atoms with Gasteiger partial charge in [0.05, 0.1) is 29.4 Å². The molecule has 2 N–H and O–H groups in total. The van der Waals surface area contributed by atoms with E-state index in [1.165, 1.54) is 21.9 Å². The number of fused-ring (bicyclic) bond motifs is 3. The predicted octanol–water partition coefficient (Wildman–Crippen LogP) is 4.37. The Balaban J connectivity index is 1.58. The van der Waals surface area contributed by atoms with Gasteiger partial charge in [0.15, 0.2) is 0 Å². The number of carbonyl (C=O) groups excluding carboxylic acids is 2. The van der Waals surface area contributed by atoms with Gasteiger partial charge in [0.2, 0.25) is 5.60 Å². The summed E-state index contributed by atoms with van der Waals surface area (Å²) in [5.41, 5.74) is -3.49. The minimum absolute atomic E-state index is 0.0462. The van der Waals surface area contributed by atoms with Crippen molar-refractivity contribution < 1.29 is 32.6 Å². The summed E-state index contributed by atoms with van der Waals surface area (Å²) < 4.78 is 50.6. The SMILES string of the molecule is Cc1nc(N[C@H](C)c2cccc(C(F)(F)C(C)(C)O)c2F)c2cc3c(cc2n1)[C@]1(CN(C)C(=O)O1)C(=O)N3C. The maximum atomic E-state index is 15.4. The van der Waals surface area contributed by atoms with Gasteiger partial charge in [-0.2, -0.15) is 8.78 Å². The second kappa shape index (κ2) is 8.54. The number of nitrogens with zero attached hydrogens (tertiary/aromatic N) is 4. The zero-order chi connectivity index (χ0) is 28.7. The van der Waals surface area contributed by atoms with Crippen LogP contribution in [-0.4, -0.2) is 58.2 Å². The molecule has 2 aliphatic heterocycles. The number of ether oxygens (including phenoxy) is 1. The van der Waals surface area contributed by atoms with Crippen molar-refractivity contribution in [3.8, 4) is 0 Å². The number of carbonyl (C=O) groups is 2. The summed E-state index contributed by atoms with van der Waals surface area (Å²) >= 11 is 0. The number of aliphatic hydroxyl groups is 1. The third kappa shape index (κ3) is 3.88. The van der Waals surface area contributed by atoms with Crippen LogP contribution in [0.5, 0.6) is 0 Å². The van der Waals surface area contributed by atoms with Crippen molar-refractivity contribution in [2.24, 2.45) is 0 Å². The molecule has 3 heterocycles. The van der Waals surface area contributed by atoms with Crippen LogP contribution in [0.4, 0.5) is 29.5 Å². The zero-order valence-electron chi connectivity index (χ0n) is 22.3. The molecule has 9 nitrogen and oxygen atoms in total. The van der Waals surface area contributed by atoms with E-state index in [1.54, 1.807) is 40.1 Å². The van der Waals surface area contributed by atoms with E-state index < -0.39 is 46.5 Å². The van der Waals surface area contributed by atoms with E-state index in [2.05, 4.69) is 15.3 Å². The van der Waals surface area contributed by atoms with E-state index in [-0.39, 0.29) is 12.1 Å². The van der Waals surface area contributed by atoms with Crippen LogP contribution in [0.3, 0.4) is 0 Å². The minimum Gasteiger partial charge on any atom is -0.426 e. The molecule has 1 spiro atoms. The van der Waals surface area contributed by atoms with Gasteiger partial charge in [-0.05, 0) is 45.9 Å². The van der Waals surface area contributed by atoms with Gasteiger partial charge in [-0.15, -0.1) is 0 Å². The van der Waals surface area contributed by atoms with Gasteiger partial charge < -0.3 is 25.0 Å². The molecule has 0 bridgehead atoms. The lowest BCUT2D eigenvalue weighted by Gasteiger charge is -2.30. The van der Waals surface area contributed by atoms with Crippen molar-refractivity contribution in [2.75, 3.05) is 30.9 Å². The number of halogens is 3. The summed E-state index contributed by atoms with van der Waals surface area (Å²) in [5, 5.41) is 13.5. The van der Waals surface area contributed by atoms with Crippen molar-refractivity contribution in [2.45, 2.75) is 50.9 Å². The van der Waals surface area contributed by atoms with Gasteiger partial charge in [-0.25, -0.2) is 19.2 Å². The molecule has 12 heteroatoms. The number of amides is 2. The second-order valence-electron chi connectivity index (χ2n) is 10.6. The number of hydrogen-bond donors (Lipinski definition) is 2. The van der Waals surface area contributed by atoms with Crippen LogP contribution in [0.1, 0.15) is 49.3 Å². The fourth-order valence-corrected chi connectivity index (χ4v) is 5.14. The Kier molecular flexibility index (Phi) is 5.84. The third-order valence-corrected chi connectivity index (χ3v) is 7.36. The Morgan fingerprint density at radius 1 is 1.18 bits per heavy atom. The van der Waals surface area contributed by atoms with Gasteiger partial charge in [0.1, 0.15) is 23.1 Å². The Morgan fingerprint density at radius 3 is 2.49 bits per heavy atom. The Bertz CT molecular complexity index is 1540. The molecule has 2 amide bonds. The van der Waals surface area contributed by atoms with Gasteiger partial charge in [-0.1, -0.05) is 12.1 Å². The van der Waals surface area contributed by atoms with Gasteiger partial charge in [0, 0.05) is 30.6 Å². The standard InChI is InChI=1S/C27H28F3N5O4/c1-13(15-8-7-9-17(21(15)28)27(29,30)25(3,4)38)31-22-16-10-20-18(11-19(16)32-14(2)33-22)26(23(36)35(20)6)12-34(5)24(37)39-26/h7-11,13,38H,12H2,1-6H3,(H,31,32,33)/t13-,26-/m1/s1. The normalized spacial score (nSPS) is 20.2. The van der Waals surface area contributed by atoms with Crippen molar-refractivity contribution in [1.29, 1.82) is 0 Å². The molecular weight excluding hydrogens is 515 g/mol. The molecule has 3 aromatic rings. The molecule has 0 saturated carbocycles. The molecule has 2 aliphatic rings. The van der Waals surface area contributed by atoms with E-state index in [4.69, 9.17) is 4.74 Å². The number of anilines is 2. The Morgan fingerprint density at radius 2 is 1.87 bits per heavy atom. The topological polar surface area (TPSA) is 108 Å². The molecule has 1 aromatic heterocycles. The predicted molar refractivity (Wildman–Crippen MR) is 137 cm³/mol. The fraction of sp³-hybridized carbons (Fsp3) is 0.407. The zero-order valence-corrected chi connectivity index (χ0v) is 22.3. The van der Waals surface area contributed by atoms with Crippen LogP contribution in [0, 0.1) is 12.7 Å². The van der Waals surface area contributed by atoms with E-state index in [0.717, 1.165) is 19.9 Å². The molecule has 206 valence electrons. The minimum atomic E-state index is -3.84. The highest BCUT2D eigenvalue weighted by atomic mass is 19.3. The Labute approximate surface area is 222 Å². The summed E-state index contributed by atoms with van der Waals surface area (Å²) in [6.07, 6.45) is -0.612. The largest absolute Gasteiger partial charge is 0.426 e. The number of nitrogens with one attached hydrogen (secondary N) is 1. The molecule has 2 aromatic carbocycles. The number of hydrogen-bond acceptors (Lipinski definition) is 7. The van der Waals surface area contributed by atoms with Crippen molar-refractivity contribution >= 4 is 34.4 Å². The number of aromatic nitrogens is 2. The first-order valence-corrected chi connectivity index (χ1v) is 12.3. The Hall–Kier alpha value is -3.93.